The first-order chi connectivity index (χ1) is 16.4. The van der Waals surface area contributed by atoms with E-state index in [9.17, 15) is 29.1 Å². The summed E-state index contributed by atoms with van der Waals surface area (Å²) in [5.41, 5.74) is 6.15. The van der Waals surface area contributed by atoms with Crippen molar-refractivity contribution in [3.63, 3.8) is 0 Å². The summed E-state index contributed by atoms with van der Waals surface area (Å²) < 4.78 is 0. The van der Waals surface area contributed by atoms with E-state index in [2.05, 4.69) is 16.0 Å². The molecule has 0 fully saturated rings. The Morgan fingerprint density at radius 2 is 1.40 bits per heavy atom. The molecule has 1 aromatic rings. The third-order valence-electron chi connectivity index (χ3n) is 5.05. The van der Waals surface area contributed by atoms with Crippen LogP contribution in [0.15, 0.2) is 30.3 Å². The van der Waals surface area contributed by atoms with Gasteiger partial charge in [-0.3, -0.25) is 19.2 Å². The Morgan fingerprint density at radius 3 is 1.91 bits per heavy atom. The molecule has 12 heteroatoms. The summed E-state index contributed by atoms with van der Waals surface area (Å²) in [7, 11) is 0. The number of carboxylic acid groups (broad SMARTS) is 2. The van der Waals surface area contributed by atoms with E-state index in [-0.39, 0.29) is 25.2 Å². The van der Waals surface area contributed by atoms with E-state index < -0.39 is 66.9 Å². The summed E-state index contributed by atoms with van der Waals surface area (Å²) in [5, 5.41) is 34.8. The zero-order valence-electron chi connectivity index (χ0n) is 19.8. The first kappa shape index (κ1) is 29.5. The van der Waals surface area contributed by atoms with Crippen molar-refractivity contribution in [1.82, 2.24) is 16.0 Å². The Hall–Kier alpha value is -3.51. The summed E-state index contributed by atoms with van der Waals surface area (Å²) >= 11 is 0. The fourth-order valence-corrected chi connectivity index (χ4v) is 3.20. The maximum absolute atomic E-state index is 13.0. The minimum Gasteiger partial charge on any atom is -0.481 e. The molecule has 0 heterocycles. The maximum atomic E-state index is 13.0. The van der Waals surface area contributed by atoms with Crippen LogP contribution in [0.25, 0.3) is 0 Å². The monoisotopic (exact) mass is 494 g/mol. The van der Waals surface area contributed by atoms with E-state index in [1.165, 1.54) is 0 Å². The van der Waals surface area contributed by atoms with Crippen LogP contribution in [0.5, 0.6) is 0 Å². The number of aliphatic hydroxyl groups excluding tert-OH is 1. The Balaban J connectivity index is 3.01. The molecule has 12 nitrogen and oxygen atoms in total. The molecule has 0 aliphatic rings. The van der Waals surface area contributed by atoms with Crippen LogP contribution in [0.1, 0.15) is 38.7 Å². The molecule has 4 atom stereocenters. The van der Waals surface area contributed by atoms with Gasteiger partial charge in [-0.1, -0.05) is 44.2 Å². The van der Waals surface area contributed by atoms with Crippen molar-refractivity contribution in [2.24, 2.45) is 11.7 Å². The molecular formula is C23H34N4O8. The van der Waals surface area contributed by atoms with Crippen molar-refractivity contribution >= 4 is 29.7 Å². The molecule has 194 valence electrons. The number of hydrogen-bond donors (Lipinski definition) is 7. The number of aliphatic carboxylic acids is 2. The number of benzene rings is 1. The molecule has 0 bridgehead atoms. The topological polar surface area (TPSA) is 208 Å². The normalized spacial score (nSPS) is 14.3. The highest BCUT2D eigenvalue weighted by atomic mass is 16.4. The molecule has 0 radical (unpaired) electrons. The largest absolute Gasteiger partial charge is 0.481 e. The van der Waals surface area contributed by atoms with Crippen LogP contribution >= 0.6 is 0 Å². The highest BCUT2D eigenvalue weighted by Gasteiger charge is 2.31. The van der Waals surface area contributed by atoms with Gasteiger partial charge in [-0.15, -0.1) is 0 Å². The minimum absolute atomic E-state index is 0.0284. The van der Waals surface area contributed by atoms with Crippen molar-refractivity contribution in [2.45, 2.75) is 63.7 Å². The lowest BCUT2D eigenvalue weighted by molar-refractivity contribution is -0.142. The van der Waals surface area contributed by atoms with Crippen LogP contribution in [0.4, 0.5) is 0 Å². The molecule has 0 aromatic heterocycles. The molecule has 0 saturated heterocycles. The number of nitrogens with one attached hydrogen (secondary N) is 3. The van der Waals surface area contributed by atoms with E-state index in [4.69, 9.17) is 15.9 Å². The molecule has 8 N–H and O–H groups in total. The van der Waals surface area contributed by atoms with Crippen LogP contribution in [0.3, 0.4) is 0 Å². The number of carboxylic acids is 2. The third kappa shape index (κ3) is 11.0. The quantitative estimate of drug-likeness (QED) is 0.159. The lowest BCUT2D eigenvalue weighted by Crippen LogP contribution is -2.57. The SMILES string of the molecule is CC(C)CC(NC(=O)C(CCC(=O)O)NC(=O)C(N)CO)C(=O)NC(Cc1ccccc1)C(=O)O. The van der Waals surface area contributed by atoms with E-state index in [1.54, 1.807) is 44.2 Å². The molecule has 0 aliphatic carbocycles. The lowest BCUT2D eigenvalue weighted by Gasteiger charge is -2.26. The van der Waals surface area contributed by atoms with Crippen LogP contribution in [0.2, 0.25) is 0 Å². The van der Waals surface area contributed by atoms with Gasteiger partial charge >= 0.3 is 11.9 Å². The number of rotatable bonds is 15. The van der Waals surface area contributed by atoms with Crippen LogP contribution in [-0.4, -0.2) is 75.8 Å². The number of aliphatic hydroxyl groups is 1. The van der Waals surface area contributed by atoms with Crippen LogP contribution < -0.4 is 21.7 Å². The Bertz CT molecular complexity index is 878. The number of hydrogen-bond acceptors (Lipinski definition) is 7. The van der Waals surface area contributed by atoms with E-state index in [0.29, 0.717) is 5.56 Å². The summed E-state index contributed by atoms with van der Waals surface area (Å²) in [4.78, 5) is 60.6. The van der Waals surface area contributed by atoms with E-state index in [1.807, 2.05) is 0 Å². The Kier molecular flexibility index (Phi) is 12.4. The Labute approximate surface area is 203 Å². The molecule has 35 heavy (non-hydrogen) atoms. The number of nitrogens with two attached hydrogens (primary N) is 1. The molecule has 1 aromatic carbocycles. The summed E-state index contributed by atoms with van der Waals surface area (Å²) in [6, 6.07) is 3.66. The van der Waals surface area contributed by atoms with E-state index >= 15 is 0 Å². The van der Waals surface area contributed by atoms with Crippen LogP contribution in [0, 0.1) is 5.92 Å². The number of carbonyl (C=O) groups excluding carboxylic acids is 3. The Morgan fingerprint density at radius 1 is 0.857 bits per heavy atom. The summed E-state index contributed by atoms with van der Waals surface area (Å²) in [5.74, 6) is -4.95. The average molecular weight is 495 g/mol. The van der Waals surface area contributed by atoms with Crippen molar-refractivity contribution in [1.29, 1.82) is 0 Å². The standard InChI is InChI=1S/C23H34N4O8/c1-13(2)10-17(22(33)27-18(23(34)35)11-14-6-4-3-5-7-14)26-21(32)16(8-9-19(29)30)25-20(31)15(24)12-28/h3-7,13,15-18,28H,8-12,24H2,1-2H3,(H,25,31)(H,26,32)(H,27,33)(H,29,30)(H,34,35). The van der Waals surface area contributed by atoms with Gasteiger partial charge in [0.15, 0.2) is 0 Å². The molecule has 3 amide bonds. The molecule has 4 unspecified atom stereocenters. The highest BCUT2D eigenvalue weighted by molar-refractivity contribution is 5.94. The minimum atomic E-state index is -1.33. The number of amides is 3. The third-order valence-corrected chi connectivity index (χ3v) is 5.05. The molecule has 0 aliphatic heterocycles. The van der Waals surface area contributed by atoms with Gasteiger partial charge in [-0.05, 0) is 24.3 Å². The molecule has 0 spiro atoms. The van der Waals surface area contributed by atoms with Crippen molar-refractivity contribution in [3.8, 4) is 0 Å². The summed E-state index contributed by atoms with van der Waals surface area (Å²) in [6.45, 7) is 2.92. The van der Waals surface area contributed by atoms with Crippen molar-refractivity contribution in [2.75, 3.05) is 6.61 Å². The van der Waals surface area contributed by atoms with Gasteiger partial charge in [-0.2, -0.15) is 0 Å². The van der Waals surface area contributed by atoms with Gasteiger partial charge in [0.25, 0.3) is 0 Å². The van der Waals surface area contributed by atoms with Gasteiger partial charge in [0.05, 0.1) is 6.61 Å². The molecule has 0 saturated carbocycles. The van der Waals surface area contributed by atoms with Gasteiger partial charge in [0.1, 0.15) is 24.2 Å². The first-order valence-corrected chi connectivity index (χ1v) is 11.2. The molecule has 1 rings (SSSR count). The van der Waals surface area contributed by atoms with Gasteiger partial charge in [0.2, 0.25) is 17.7 Å². The zero-order valence-corrected chi connectivity index (χ0v) is 19.8. The number of carbonyl (C=O) groups is 5. The first-order valence-electron chi connectivity index (χ1n) is 11.2. The maximum Gasteiger partial charge on any atom is 0.326 e. The molecular weight excluding hydrogens is 460 g/mol. The van der Waals surface area contributed by atoms with Crippen molar-refractivity contribution in [3.05, 3.63) is 35.9 Å². The second-order valence-corrected chi connectivity index (χ2v) is 8.56. The predicted octanol–water partition coefficient (Wildman–Crippen LogP) is -1.00. The summed E-state index contributed by atoms with van der Waals surface area (Å²) in [6.07, 6.45) is -0.551. The highest BCUT2D eigenvalue weighted by Crippen LogP contribution is 2.09. The second-order valence-electron chi connectivity index (χ2n) is 8.56. The van der Waals surface area contributed by atoms with Crippen LogP contribution in [-0.2, 0) is 30.4 Å². The second kappa shape index (κ2) is 14.7. The van der Waals surface area contributed by atoms with Gasteiger partial charge < -0.3 is 37.0 Å². The fraction of sp³-hybridized carbons (Fsp3) is 0.522. The predicted molar refractivity (Wildman–Crippen MR) is 125 cm³/mol. The zero-order chi connectivity index (χ0) is 26.5. The lowest BCUT2D eigenvalue weighted by atomic mass is 10.0. The smallest absolute Gasteiger partial charge is 0.326 e. The van der Waals surface area contributed by atoms with Gasteiger partial charge in [-0.25, -0.2) is 4.79 Å². The van der Waals surface area contributed by atoms with E-state index in [0.717, 1.165) is 0 Å². The average Bonchev–Trinajstić information content (AvgIpc) is 2.80. The fourth-order valence-electron chi connectivity index (χ4n) is 3.20. The van der Waals surface area contributed by atoms with Gasteiger partial charge in [0, 0.05) is 12.8 Å². The van der Waals surface area contributed by atoms with Crippen molar-refractivity contribution < 1.29 is 39.3 Å².